The summed E-state index contributed by atoms with van der Waals surface area (Å²) in [5.41, 5.74) is 3.47. The summed E-state index contributed by atoms with van der Waals surface area (Å²) in [6.07, 6.45) is 9.07. The van der Waals surface area contributed by atoms with Gasteiger partial charge in [0, 0.05) is 51.7 Å². The van der Waals surface area contributed by atoms with Gasteiger partial charge < -0.3 is 9.84 Å². The molecule has 1 saturated heterocycles. The van der Waals surface area contributed by atoms with Gasteiger partial charge in [0.2, 0.25) is 0 Å². The average Bonchev–Trinajstić information content (AvgIpc) is 3.33. The summed E-state index contributed by atoms with van der Waals surface area (Å²) in [4.78, 5) is 23.1. The summed E-state index contributed by atoms with van der Waals surface area (Å²) in [5, 5.41) is 19.6. The van der Waals surface area contributed by atoms with Gasteiger partial charge in [0.1, 0.15) is 27.9 Å². The summed E-state index contributed by atoms with van der Waals surface area (Å²) in [5.74, 6) is -0.632. The molecule has 3 aromatic rings. The van der Waals surface area contributed by atoms with Crippen LogP contribution in [-0.4, -0.2) is 87.3 Å². The highest BCUT2D eigenvalue weighted by molar-refractivity contribution is 7.18. The molecule has 4 rings (SSSR count). The first-order valence-electron chi connectivity index (χ1n) is 12.2. The van der Waals surface area contributed by atoms with Crippen molar-refractivity contribution >= 4 is 21.7 Å². The van der Waals surface area contributed by atoms with Crippen molar-refractivity contribution in [2.24, 2.45) is 0 Å². The smallest absolute Gasteiger partial charge is 0.316 e. The highest BCUT2D eigenvalue weighted by Crippen LogP contribution is 2.30. The molecule has 9 nitrogen and oxygen atoms in total. The van der Waals surface area contributed by atoms with E-state index in [-0.39, 0.29) is 19.2 Å². The van der Waals surface area contributed by atoms with E-state index in [0.29, 0.717) is 10.7 Å². The van der Waals surface area contributed by atoms with Gasteiger partial charge in [-0.15, -0.1) is 0 Å². The Bertz CT molecular complexity index is 1270. The molecule has 0 bridgehead atoms. The van der Waals surface area contributed by atoms with Crippen molar-refractivity contribution in [1.29, 1.82) is 5.26 Å². The normalized spacial score (nSPS) is 16.5. The van der Waals surface area contributed by atoms with Gasteiger partial charge in [-0.05, 0) is 30.7 Å². The van der Waals surface area contributed by atoms with Crippen LogP contribution in [0.4, 0.5) is 0 Å². The Balaban J connectivity index is 1.39. The topological polar surface area (TPSA) is 111 Å². The van der Waals surface area contributed by atoms with Crippen molar-refractivity contribution in [3.05, 3.63) is 77.2 Å². The third-order valence-electron chi connectivity index (χ3n) is 6.00. The first-order valence-corrected chi connectivity index (χ1v) is 13.0. The fourth-order valence-corrected chi connectivity index (χ4v) is 5.17. The van der Waals surface area contributed by atoms with Crippen molar-refractivity contribution in [1.82, 2.24) is 29.7 Å². The number of rotatable bonds is 11. The number of hydrogen-bond donors (Lipinski definition) is 1. The van der Waals surface area contributed by atoms with E-state index in [1.54, 1.807) is 24.5 Å². The van der Waals surface area contributed by atoms with E-state index in [9.17, 15) is 5.26 Å². The third-order valence-corrected chi connectivity index (χ3v) is 7.04. The van der Waals surface area contributed by atoms with Gasteiger partial charge in [-0.3, -0.25) is 9.80 Å². The number of β-amino-alcohol motifs (C(OH)–C–C–N with tert-alkyl or cyclic N) is 1. The number of ether oxygens (including phenoxy) is 1. The monoisotopic (exact) mass is 517 g/mol. The largest absolute Gasteiger partial charge is 0.459 e. The Labute approximate surface area is 221 Å². The number of nitriles is 1. The predicted octanol–water partition coefficient (Wildman–Crippen LogP) is 3.18. The highest BCUT2D eigenvalue weighted by atomic mass is 32.1. The van der Waals surface area contributed by atoms with Gasteiger partial charge in [0.05, 0.1) is 18.4 Å². The van der Waals surface area contributed by atoms with E-state index < -0.39 is 5.92 Å². The van der Waals surface area contributed by atoms with E-state index in [1.165, 1.54) is 16.9 Å². The van der Waals surface area contributed by atoms with Crippen molar-refractivity contribution < 1.29 is 9.84 Å². The summed E-state index contributed by atoms with van der Waals surface area (Å²) >= 11 is 1.39. The van der Waals surface area contributed by atoms with Crippen LogP contribution in [0.2, 0.25) is 0 Å². The summed E-state index contributed by atoms with van der Waals surface area (Å²) in [6.45, 7) is 11.9. The van der Waals surface area contributed by atoms with Crippen molar-refractivity contribution in [2.75, 3.05) is 52.5 Å². The standard InChI is InChI=1S/C27H31N7O2S/c1-3-5-21(16-20(2)18-34-12-10-33(11-13-34)14-15-35)19-36-27-30-9-7-23(32-27)22(17-28)25-31-24-6-4-8-29-26(24)37-25/h3-9,16,22,35H,1,10-15,18-19H2,2H3. The molecule has 1 N–H and O–H groups in total. The molecule has 3 aromatic heterocycles. The molecule has 0 radical (unpaired) electrons. The SMILES string of the molecule is C=CC=C(C=C(C)CN1CCN(CCO)CC1)COc1nccc(C(C#N)c2nc3cccnc3s2)n1. The zero-order valence-electron chi connectivity index (χ0n) is 21.0. The minimum Gasteiger partial charge on any atom is -0.459 e. The van der Waals surface area contributed by atoms with Gasteiger partial charge in [0.25, 0.3) is 0 Å². The van der Waals surface area contributed by atoms with Crippen molar-refractivity contribution in [3.8, 4) is 12.1 Å². The zero-order chi connectivity index (χ0) is 26.0. The Morgan fingerprint density at radius 1 is 1.22 bits per heavy atom. The van der Waals surface area contributed by atoms with E-state index in [1.807, 2.05) is 18.2 Å². The Hall–Kier alpha value is -3.49. The maximum absolute atomic E-state index is 9.86. The number of piperazine rings is 1. The molecule has 0 saturated carbocycles. The first kappa shape index (κ1) is 26.6. The maximum atomic E-state index is 9.86. The molecule has 1 aliphatic heterocycles. The predicted molar refractivity (Wildman–Crippen MR) is 144 cm³/mol. The van der Waals surface area contributed by atoms with E-state index in [4.69, 9.17) is 9.84 Å². The summed E-state index contributed by atoms with van der Waals surface area (Å²) in [6, 6.07) is 7.93. The summed E-state index contributed by atoms with van der Waals surface area (Å²) < 4.78 is 5.92. The van der Waals surface area contributed by atoms with Crippen LogP contribution < -0.4 is 4.74 Å². The van der Waals surface area contributed by atoms with Crippen LogP contribution in [0.5, 0.6) is 6.01 Å². The Kier molecular flexibility index (Phi) is 9.46. The van der Waals surface area contributed by atoms with Crippen LogP contribution in [-0.2, 0) is 0 Å². The van der Waals surface area contributed by atoms with Crippen LogP contribution in [0.15, 0.2) is 66.5 Å². The number of thiazole rings is 1. The first-order chi connectivity index (χ1) is 18.1. The average molecular weight is 518 g/mol. The quantitative estimate of drug-likeness (QED) is 0.383. The number of aliphatic hydroxyl groups excluding tert-OH is 1. The molecular weight excluding hydrogens is 486 g/mol. The lowest BCUT2D eigenvalue weighted by Crippen LogP contribution is -2.47. The molecule has 1 fully saturated rings. The Morgan fingerprint density at radius 2 is 2.03 bits per heavy atom. The van der Waals surface area contributed by atoms with Crippen LogP contribution >= 0.6 is 11.3 Å². The second kappa shape index (κ2) is 13.2. The minimum atomic E-state index is -0.632. The lowest BCUT2D eigenvalue weighted by atomic mass is 10.1. The molecule has 0 aliphatic carbocycles. The van der Waals surface area contributed by atoms with Crippen LogP contribution in [0, 0.1) is 11.3 Å². The van der Waals surface area contributed by atoms with Crippen molar-refractivity contribution in [2.45, 2.75) is 12.8 Å². The second-order valence-corrected chi connectivity index (χ2v) is 9.81. The lowest BCUT2D eigenvalue weighted by Gasteiger charge is -2.34. The molecule has 37 heavy (non-hydrogen) atoms. The number of allylic oxidation sites excluding steroid dienone is 2. The number of fused-ring (bicyclic) bond motifs is 1. The van der Waals surface area contributed by atoms with E-state index in [0.717, 1.165) is 55.2 Å². The number of aromatic nitrogens is 4. The molecule has 192 valence electrons. The maximum Gasteiger partial charge on any atom is 0.316 e. The van der Waals surface area contributed by atoms with Crippen LogP contribution in [0.3, 0.4) is 0 Å². The molecule has 1 aliphatic rings. The molecular formula is C27H31N7O2S. The summed E-state index contributed by atoms with van der Waals surface area (Å²) in [7, 11) is 0. The van der Waals surface area contributed by atoms with Gasteiger partial charge in [0.15, 0.2) is 0 Å². The fraction of sp³-hybridized carbons (Fsp3) is 0.370. The van der Waals surface area contributed by atoms with E-state index in [2.05, 4.69) is 55.4 Å². The molecule has 10 heteroatoms. The number of pyridine rings is 1. The third kappa shape index (κ3) is 7.27. The van der Waals surface area contributed by atoms with Gasteiger partial charge in [-0.2, -0.15) is 10.2 Å². The fourth-order valence-electron chi connectivity index (χ4n) is 4.21. The second-order valence-electron chi connectivity index (χ2n) is 8.80. The Morgan fingerprint density at radius 3 is 2.76 bits per heavy atom. The van der Waals surface area contributed by atoms with Crippen LogP contribution in [0.1, 0.15) is 23.5 Å². The molecule has 1 atom stereocenters. The highest BCUT2D eigenvalue weighted by Gasteiger charge is 2.21. The number of hydrogen-bond acceptors (Lipinski definition) is 10. The molecule has 0 aromatic carbocycles. The van der Waals surface area contributed by atoms with Crippen LogP contribution in [0.25, 0.3) is 10.3 Å². The number of aliphatic hydroxyl groups is 1. The van der Waals surface area contributed by atoms with Gasteiger partial charge >= 0.3 is 6.01 Å². The van der Waals surface area contributed by atoms with Crippen molar-refractivity contribution in [3.63, 3.8) is 0 Å². The molecule has 4 heterocycles. The van der Waals surface area contributed by atoms with E-state index >= 15 is 0 Å². The number of nitrogens with zero attached hydrogens (tertiary/aromatic N) is 7. The zero-order valence-corrected chi connectivity index (χ0v) is 21.8. The van der Waals surface area contributed by atoms with Gasteiger partial charge in [-0.25, -0.2) is 15.0 Å². The molecule has 0 spiro atoms. The lowest BCUT2D eigenvalue weighted by molar-refractivity contribution is 0.118. The minimum absolute atomic E-state index is 0.206. The van der Waals surface area contributed by atoms with Gasteiger partial charge in [-0.1, -0.05) is 41.7 Å². The molecule has 0 amide bonds. The molecule has 1 unspecified atom stereocenters.